The van der Waals surface area contributed by atoms with E-state index in [-0.39, 0.29) is 18.8 Å². The zero-order valence-electron chi connectivity index (χ0n) is 22.1. The maximum atomic E-state index is 11.1. The number of nitrogens with one attached hydrogen (secondary N) is 2. The number of β-amino-alcohol motifs (C(OH)–C–C–N with tert-alkyl or cyclic N) is 1. The highest BCUT2D eigenvalue weighted by Gasteiger charge is 2.22. The van der Waals surface area contributed by atoms with Crippen molar-refractivity contribution in [1.29, 1.82) is 0 Å². The van der Waals surface area contributed by atoms with Crippen molar-refractivity contribution in [3.05, 3.63) is 84.6 Å². The Morgan fingerprint density at radius 3 is 2.64 bits per heavy atom. The molecule has 0 aliphatic heterocycles. The Bertz CT molecular complexity index is 1560. The molecule has 0 radical (unpaired) electrons. The van der Waals surface area contributed by atoms with Crippen LogP contribution < -0.4 is 20.5 Å². The Labute approximate surface area is 231 Å². The van der Waals surface area contributed by atoms with E-state index >= 15 is 0 Å². The van der Waals surface area contributed by atoms with Crippen molar-refractivity contribution in [1.82, 2.24) is 10.3 Å². The molecule has 3 aromatic carbocycles. The summed E-state index contributed by atoms with van der Waals surface area (Å²) in [4.78, 5) is 15.5. The first-order valence-electron chi connectivity index (χ1n) is 12.9. The molecule has 2 aromatic heterocycles. The van der Waals surface area contributed by atoms with Crippen molar-refractivity contribution in [2.24, 2.45) is 5.73 Å². The number of rotatable bonds is 12. The molecule has 8 heteroatoms. The standard InChI is InChI=1S/C31H33N3O4S/c1-31(2,15-21-16-33-30-23(21)10-7-12-26(30)38-19-29(32)36)34-17-22(35)18-37-25-11-5-4-9-24(25)28-14-20-8-3-6-13-27(20)39-28/h3-14,16,22,33-35H,15,17-19H2,1-2H3,(H2,32,36)/t22-/m0/s1. The molecular formula is C31H33N3O4S. The fourth-order valence-corrected chi connectivity index (χ4v) is 5.78. The van der Waals surface area contributed by atoms with Gasteiger partial charge in [0.1, 0.15) is 24.2 Å². The third kappa shape index (κ3) is 6.42. The highest BCUT2D eigenvalue weighted by atomic mass is 32.1. The second kappa shape index (κ2) is 11.5. The van der Waals surface area contributed by atoms with E-state index in [1.54, 1.807) is 11.3 Å². The molecule has 0 saturated carbocycles. The number of amides is 1. The number of H-pyrrole nitrogens is 1. The molecule has 5 rings (SSSR count). The zero-order chi connectivity index (χ0) is 27.4. The summed E-state index contributed by atoms with van der Waals surface area (Å²) in [6.07, 6.45) is 1.99. The van der Waals surface area contributed by atoms with Gasteiger partial charge >= 0.3 is 0 Å². The number of para-hydroxylation sites is 2. The predicted molar refractivity (Wildman–Crippen MR) is 158 cm³/mol. The lowest BCUT2D eigenvalue weighted by Crippen LogP contribution is -2.46. The van der Waals surface area contributed by atoms with Gasteiger partial charge in [-0.3, -0.25) is 4.79 Å². The van der Waals surface area contributed by atoms with Crippen LogP contribution in [0.5, 0.6) is 11.5 Å². The molecule has 0 fully saturated rings. The highest BCUT2D eigenvalue weighted by Crippen LogP contribution is 2.38. The molecule has 1 atom stereocenters. The molecule has 0 saturated heterocycles. The number of hydrogen-bond acceptors (Lipinski definition) is 6. The van der Waals surface area contributed by atoms with Crippen molar-refractivity contribution < 1.29 is 19.4 Å². The number of aliphatic hydroxyl groups is 1. The van der Waals surface area contributed by atoms with E-state index in [0.29, 0.717) is 18.7 Å². The first-order chi connectivity index (χ1) is 18.8. The van der Waals surface area contributed by atoms with Crippen LogP contribution in [0.2, 0.25) is 0 Å². The molecule has 0 aliphatic carbocycles. The van der Waals surface area contributed by atoms with Gasteiger partial charge in [0.15, 0.2) is 6.61 Å². The van der Waals surface area contributed by atoms with E-state index in [0.717, 1.165) is 32.7 Å². The molecule has 202 valence electrons. The van der Waals surface area contributed by atoms with Gasteiger partial charge in [-0.25, -0.2) is 0 Å². The van der Waals surface area contributed by atoms with Gasteiger partial charge in [0.25, 0.3) is 5.91 Å². The first-order valence-corrected chi connectivity index (χ1v) is 13.7. The van der Waals surface area contributed by atoms with Crippen LogP contribution in [0.25, 0.3) is 31.4 Å². The van der Waals surface area contributed by atoms with E-state index in [2.05, 4.69) is 48.4 Å². The number of fused-ring (bicyclic) bond motifs is 2. The van der Waals surface area contributed by atoms with Gasteiger partial charge < -0.3 is 30.6 Å². The molecule has 2 heterocycles. The summed E-state index contributed by atoms with van der Waals surface area (Å²) in [5.74, 6) is 0.831. The topological polar surface area (TPSA) is 110 Å². The second-order valence-corrected chi connectivity index (χ2v) is 11.4. The molecule has 7 nitrogen and oxygen atoms in total. The lowest BCUT2D eigenvalue weighted by molar-refractivity contribution is -0.119. The largest absolute Gasteiger partial charge is 0.490 e. The Kier molecular flexibility index (Phi) is 7.88. The van der Waals surface area contributed by atoms with Gasteiger partial charge in [-0.15, -0.1) is 11.3 Å². The van der Waals surface area contributed by atoms with Gasteiger partial charge in [-0.1, -0.05) is 42.5 Å². The van der Waals surface area contributed by atoms with Crippen LogP contribution in [0.15, 0.2) is 79.0 Å². The number of benzene rings is 3. The van der Waals surface area contributed by atoms with E-state index < -0.39 is 12.0 Å². The van der Waals surface area contributed by atoms with Crippen LogP contribution in [0.3, 0.4) is 0 Å². The fourth-order valence-electron chi connectivity index (χ4n) is 4.69. The third-order valence-corrected chi connectivity index (χ3v) is 7.74. The number of carbonyl (C=O) groups is 1. The average molecular weight is 544 g/mol. The number of aliphatic hydroxyl groups excluding tert-OH is 1. The number of aromatic nitrogens is 1. The van der Waals surface area contributed by atoms with Gasteiger partial charge in [0.2, 0.25) is 0 Å². The summed E-state index contributed by atoms with van der Waals surface area (Å²) in [6.45, 7) is 4.59. The lowest BCUT2D eigenvalue weighted by Gasteiger charge is -2.28. The number of primary amides is 1. The molecule has 5 N–H and O–H groups in total. The number of carbonyl (C=O) groups excluding carboxylic acids is 1. The molecule has 1 amide bonds. The summed E-state index contributed by atoms with van der Waals surface area (Å²) < 4.78 is 12.9. The molecule has 0 unspecified atom stereocenters. The minimum absolute atomic E-state index is 0.172. The third-order valence-electron chi connectivity index (χ3n) is 6.59. The Hall–Kier alpha value is -3.85. The van der Waals surface area contributed by atoms with Gasteiger partial charge in [0, 0.05) is 38.8 Å². The maximum Gasteiger partial charge on any atom is 0.255 e. The van der Waals surface area contributed by atoms with E-state index in [1.165, 1.54) is 10.1 Å². The van der Waals surface area contributed by atoms with Crippen LogP contribution in [-0.4, -0.2) is 47.4 Å². The summed E-state index contributed by atoms with van der Waals surface area (Å²) in [5.41, 5.74) is 7.89. The lowest BCUT2D eigenvalue weighted by atomic mass is 9.94. The number of ether oxygens (including phenoxy) is 2. The van der Waals surface area contributed by atoms with Gasteiger partial charge in [-0.2, -0.15) is 0 Å². The summed E-state index contributed by atoms with van der Waals surface area (Å²) >= 11 is 1.73. The van der Waals surface area contributed by atoms with Crippen molar-refractivity contribution in [3.8, 4) is 21.9 Å². The minimum Gasteiger partial charge on any atom is -0.490 e. The summed E-state index contributed by atoms with van der Waals surface area (Å²) in [5, 5.41) is 16.5. The van der Waals surface area contributed by atoms with Crippen molar-refractivity contribution in [2.75, 3.05) is 19.8 Å². The summed E-state index contributed by atoms with van der Waals surface area (Å²) in [7, 11) is 0. The van der Waals surface area contributed by atoms with Crippen molar-refractivity contribution in [2.45, 2.75) is 31.9 Å². The Morgan fingerprint density at radius 2 is 1.82 bits per heavy atom. The summed E-state index contributed by atoms with van der Waals surface area (Å²) in [6, 6.07) is 24.2. The monoisotopic (exact) mass is 543 g/mol. The maximum absolute atomic E-state index is 11.1. The predicted octanol–water partition coefficient (Wildman–Crippen LogP) is 5.26. The average Bonchev–Trinajstić information content (AvgIpc) is 3.54. The van der Waals surface area contributed by atoms with Gasteiger partial charge in [-0.05, 0) is 61.5 Å². The SMILES string of the molecule is CC(C)(Cc1c[nH]c2c(OCC(N)=O)cccc12)NC[C@H](O)COc1ccccc1-c1cc2ccccc2s1. The van der Waals surface area contributed by atoms with Crippen LogP contribution in [0, 0.1) is 0 Å². The molecule has 39 heavy (non-hydrogen) atoms. The zero-order valence-corrected chi connectivity index (χ0v) is 22.9. The molecular weight excluding hydrogens is 510 g/mol. The van der Waals surface area contributed by atoms with Crippen LogP contribution in [0.1, 0.15) is 19.4 Å². The normalized spacial score (nSPS) is 12.6. The highest BCUT2D eigenvalue weighted by molar-refractivity contribution is 7.22. The van der Waals surface area contributed by atoms with Crippen molar-refractivity contribution >= 4 is 38.2 Å². The quantitative estimate of drug-likeness (QED) is 0.172. The smallest absolute Gasteiger partial charge is 0.255 e. The van der Waals surface area contributed by atoms with Crippen LogP contribution >= 0.6 is 11.3 Å². The molecule has 0 spiro atoms. The van der Waals surface area contributed by atoms with Crippen LogP contribution in [-0.2, 0) is 11.2 Å². The van der Waals surface area contributed by atoms with E-state index in [9.17, 15) is 9.90 Å². The van der Waals surface area contributed by atoms with Gasteiger partial charge in [0.05, 0.1) is 5.52 Å². The number of thiophene rings is 1. The Balaban J connectivity index is 1.19. The number of aromatic amines is 1. The molecule has 0 aliphatic rings. The first kappa shape index (κ1) is 26.7. The fraction of sp³-hybridized carbons (Fsp3) is 0.258. The van der Waals surface area contributed by atoms with E-state index in [4.69, 9.17) is 15.2 Å². The van der Waals surface area contributed by atoms with Crippen molar-refractivity contribution in [3.63, 3.8) is 0 Å². The molecule has 0 bridgehead atoms. The Morgan fingerprint density at radius 1 is 1.05 bits per heavy atom. The number of nitrogens with two attached hydrogens (primary N) is 1. The van der Waals surface area contributed by atoms with E-state index in [1.807, 2.05) is 54.7 Å². The second-order valence-electron chi connectivity index (χ2n) is 10.3. The number of hydrogen-bond donors (Lipinski definition) is 4. The van der Waals surface area contributed by atoms with Crippen LogP contribution in [0.4, 0.5) is 0 Å². The molecule has 5 aromatic rings. The minimum atomic E-state index is -0.684.